The number of aryl methyl sites for hydroxylation is 1. The number of fused-ring (bicyclic) bond motifs is 1. The molecular formula is C16H19N5O2. The van der Waals surface area contributed by atoms with Crippen LogP contribution in [0, 0.1) is 0 Å². The Morgan fingerprint density at radius 3 is 2.91 bits per heavy atom. The maximum absolute atomic E-state index is 12.5. The van der Waals surface area contributed by atoms with Crippen LogP contribution in [-0.4, -0.2) is 26.6 Å². The van der Waals surface area contributed by atoms with Crippen molar-refractivity contribution in [2.24, 2.45) is 0 Å². The summed E-state index contributed by atoms with van der Waals surface area (Å²) in [6.07, 6.45) is 1.69. The molecule has 0 radical (unpaired) electrons. The first-order valence-corrected chi connectivity index (χ1v) is 7.74. The van der Waals surface area contributed by atoms with Gasteiger partial charge in [-0.15, -0.1) is 0 Å². The van der Waals surface area contributed by atoms with Crippen LogP contribution >= 0.6 is 0 Å². The lowest BCUT2D eigenvalue weighted by atomic mass is 10.1. The summed E-state index contributed by atoms with van der Waals surface area (Å²) in [5, 5.41) is 9.89. The number of carbonyl (C=O) groups excluding carboxylic acids is 2. The van der Waals surface area contributed by atoms with Gasteiger partial charge >= 0.3 is 0 Å². The van der Waals surface area contributed by atoms with Crippen molar-refractivity contribution in [1.29, 1.82) is 0 Å². The molecule has 1 aromatic heterocycles. The normalized spacial score (nSPS) is 16.6. The summed E-state index contributed by atoms with van der Waals surface area (Å²) in [6.45, 7) is 2.45. The zero-order valence-corrected chi connectivity index (χ0v) is 13.0. The van der Waals surface area contributed by atoms with E-state index in [0.717, 1.165) is 12.0 Å². The molecule has 3 rings (SSSR count). The fraction of sp³-hybridized carbons (Fsp3) is 0.375. The predicted octanol–water partition coefficient (Wildman–Crippen LogP) is 1.43. The van der Waals surface area contributed by atoms with Gasteiger partial charge in [0.2, 0.25) is 17.8 Å². The minimum absolute atomic E-state index is 0.0720. The summed E-state index contributed by atoms with van der Waals surface area (Å²) in [4.78, 5) is 28.6. The minimum Gasteiger partial charge on any atom is -0.350 e. The molecule has 120 valence electrons. The molecular weight excluding hydrogens is 294 g/mol. The first kappa shape index (κ1) is 15.2. The lowest BCUT2D eigenvalue weighted by Gasteiger charge is -2.22. The van der Waals surface area contributed by atoms with E-state index in [9.17, 15) is 9.59 Å². The molecule has 0 unspecified atom stereocenters. The van der Waals surface area contributed by atoms with Gasteiger partial charge in [-0.1, -0.05) is 37.3 Å². The van der Waals surface area contributed by atoms with Gasteiger partial charge in [0.05, 0.1) is 6.42 Å². The van der Waals surface area contributed by atoms with E-state index in [-0.39, 0.29) is 18.2 Å². The molecule has 2 aromatic rings. The summed E-state index contributed by atoms with van der Waals surface area (Å²) < 4.78 is 1.52. The van der Waals surface area contributed by atoms with E-state index >= 15 is 0 Å². The quantitative estimate of drug-likeness (QED) is 0.874. The first-order valence-electron chi connectivity index (χ1n) is 7.74. The van der Waals surface area contributed by atoms with Gasteiger partial charge in [-0.05, 0) is 12.0 Å². The number of benzene rings is 1. The van der Waals surface area contributed by atoms with Crippen molar-refractivity contribution in [3.8, 4) is 0 Å². The SMILES string of the molecule is CCCc1nc2n(n1)[C@@H](C(=O)NCc1ccccc1)CC(=O)N2. The Bertz CT molecular complexity index is 711. The van der Waals surface area contributed by atoms with E-state index in [1.807, 2.05) is 37.3 Å². The molecule has 1 aliphatic heterocycles. The highest BCUT2D eigenvalue weighted by atomic mass is 16.2. The molecule has 2 N–H and O–H groups in total. The van der Waals surface area contributed by atoms with Crippen LogP contribution in [0.4, 0.5) is 5.95 Å². The molecule has 0 fully saturated rings. The van der Waals surface area contributed by atoms with Gasteiger partial charge in [0, 0.05) is 13.0 Å². The molecule has 0 saturated carbocycles. The average molecular weight is 313 g/mol. The highest BCUT2D eigenvalue weighted by Crippen LogP contribution is 2.23. The predicted molar refractivity (Wildman–Crippen MR) is 84.6 cm³/mol. The maximum Gasteiger partial charge on any atom is 0.245 e. The van der Waals surface area contributed by atoms with Gasteiger partial charge < -0.3 is 5.32 Å². The zero-order chi connectivity index (χ0) is 16.2. The molecule has 7 nitrogen and oxygen atoms in total. The lowest BCUT2D eigenvalue weighted by molar-refractivity contribution is -0.129. The number of nitrogens with zero attached hydrogens (tertiary/aromatic N) is 3. The third-order valence-electron chi connectivity index (χ3n) is 3.69. The van der Waals surface area contributed by atoms with E-state index in [0.29, 0.717) is 24.7 Å². The summed E-state index contributed by atoms with van der Waals surface area (Å²) in [5.41, 5.74) is 1.01. The molecule has 2 heterocycles. The highest BCUT2D eigenvalue weighted by Gasteiger charge is 2.32. The van der Waals surface area contributed by atoms with Gasteiger partial charge in [-0.3, -0.25) is 14.9 Å². The summed E-state index contributed by atoms with van der Waals surface area (Å²) in [7, 11) is 0. The molecule has 1 aromatic carbocycles. The Morgan fingerprint density at radius 2 is 2.17 bits per heavy atom. The number of nitrogens with one attached hydrogen (secondary N) is 2. The number of hydrogen-bond donors (Lipinski definition) is 2. The van der Waals surface area contributed by atoms with Crippen molar-refractivity contribution >= 4 is 17.8 Å². The second-order valence-corrected chi connectivity index (χ2v) is 5.52. The van der Waals surface area contributed by atoms with E-state index < -0.39 is 6.04 Å². The number of aromatic nitrogens is 3. The molecule has 1 atom stereocenters. The molecule has 0 saturated heterocycles. The summed E-state index contributed by atoms with van der Waals surface area (Å²) >= 11 is 0. The van der Waals surface area contributed by atoms with Crippen LogP contribution in [0.2, 0.25) is 0 Å². The number of hydrogen-bond acceptors (Lipinski definition) is 4. The summed E-state index contributed by atoms with van der Waals surface area (Å²) in [5.74, 6) is 0.556. The van der Waals surface area contributed by atoms with E-state index in [2.05, 4.69) is 20.7 Å². The van der Waals surface area contributed by atoms with Crippen molar-refractivity contribution in [1.82, 2.24) is 20.1 Å². The maximum atomic E-state index is 12.5. The van der Waals surface area contributed by atoms with Crippen LogP contribution in [0.1, 0.15) is 37.2 Å². The molecule has 0 spiro atoms. The third-order valence-corrected chi connectivity index (χ3v) is 3.69. The Balaban J connectivity index is 1.74. The van der Waals surface area contributed by atoms with E-state index in [1.165, 1.54) is 4.68 Å². The number of anilines is 1. The fourth-order valence-corrected chi connectivity index (χ4v) is 2.54. The van der Waals surface area contributed by atoms with Crippen molar-refractivity contribution < 1.29 is 9.59 Å². The Morgan fingerprint density at radius 1 is 1.39 bits per heavy atom. The Kier molecular flexibility index (Phi) is 4.36. The Hall–Kier alpha value is -2.70. The molecule has 0 aliphatic carbocycles. The number of amides is 2. The molecule has 7 heteroatoms. The third kappa shape index (κ3) is 3.39. The zero-order valence-electron chi connectivity index (χ0n) is 13.0. The van der Waals surface area contributed by atoms with Crippen LogP contribution in [0.5, 0.6) is 0 Å². The average Bonchev–Trinajstić information content (AvgIpc) is 2.95. The molecule has 23 heavy (non-hydrogen) atoms. The minimum atomic E-state index is -0.652. The van der Waals surface area contributed by atoms with Crippen LogP contribution in [0.25, 0.3) is 0 Å². The standard InChI is InChI=1S/C16H19N5O2/c1-2-6-13-18-16-19-14(22)9-12(21(16)20-13)15(23)17-10-11-7-4-3-5-8-11/h3-5,7-8,12H,2,6,9-10H2,1H3,(H,17,23)(H,18,19,20,22)/t12-/m1/s1. The van der Waals surface area contributed by atoms with Gasteiger partial charge in [0.25, 0.3) is 0 Å². The van der Waals surface area contributed by atoms with Crippen LogP contribution in [0.3, 0.4) is 0 Å². The van der Waals surface area contributed by atoms with Crippen molar-refractivity contribution in [3.05, 3.63) is 41.7 Å². The molecule has 2 amide bonds. The van der Waals surface area contributed by atoms with Crippen molar-refractivity contribution in [2.75, 3.05) is 5.32 Å². The second-order valence-electron chi connectivity index (χ2n) is 5.52. The lowest BCUT2D eigenvalue weighted by Crippen LogP contribution is -2.39. The largest absolute Gasteiger partial charge is 0.350 e. The first-order chi connectivity index (χ1) is 11.2. The van der Waals surface area contributed by atoms with E-state index in [4.69, 9.17) is 0 Å². The van der Waals surface area contributed by atoms with Crippen molar-refractivity contribution in [3.63, 3.8) is 0 Å². The van der Waals surface area contributed by atoms with Crippen molar-refractivity contribution in [2.45, 2.75) is 38.8 Å². The highest BCUT2D eigenvalue weighted by molar-refractivity contribution is 5.96. The number of carbonyl (C=O) groups is 2. The van der Waals surface area contributed by atoms with Crippen LogP contribution < -0.4 is 10.6 Å². The van der Waals surface area contributed by atoms with Gasteiger partial charge in [-0.25, -0.2) is 4.68 Å². The van der Waals surface area contributed by atoms with Gasteiger partial charge in [0.15, 0.2) is 5.82 Å². The summed E-state index contributed by atoms with van der Waals surface area (Å²) in [6, 6.07) is 8.99. The Labute approximate surface area is 134 Å². The van der Waals surface area contributed by atoms with Crippen LogP contribution in [0.15, 0.2) is 30.3 Å². The fourth-order valence-electron chi connectivity index (χ4n) is 2.54. The number of rotatable bonds is 5. The van der Waals surface area contributed by atoms with Crippen LogP contribution in [-0.2, 0) is 22.6 Å². The molecule has 0 bridgehead atoms. The second kappa shape index (κ2) is 6.60. The topological polar surface area (TPSA) is 88.9 Å². The molecule has 1 aliphatic rings. The van der Waals surface area contributed by atoms with E-state index in [1.54, 1.807) is 0 Å². The van der Waals surface area contributed by atoms with Gasteiger partial charge in [0.1, 0.15) is 6.04 Å². The van der Waals surface area contributed by atoms with Gasteiger partial charge in [-0.2, -0.15) is 10.1 Å². The smallest absolute Gasteiger partial charge is 0.245 e. The monoisotopic (exact) mass is 313 g/mol.